The van der Waals surface area contributed by atoms with Crippen molar-refractivity contribution in [2.24, 2.45) is 0 Å². The number of nitrogens with zero attached hydrogens (tertiary/aromatic N) is 2. The minimum Gasteiger partial charge on any atom is -0.493 e. The summed E-state index contributed by atoms with van der Waals surface area (Å²) in [7, 11) is 5.07. The summed E-state index contributed by atoms with van der Waals surface area (Å²) in [5.41, 5.74) is 2.08. The van der Waals surface area contributed by atoms with Crippen LogP contribution in [0.4, 0.5) is 0 Å². The molecule has 1 unspecified atom stereocenters. The van der Waals surface area contributed by atoms with Gasteiger partial charge in [0.25, 0.3) is 0 Å². The van der Waals surface area contributed by atoms with Crippen molar-refractivity contribution in [1.82, 2.24) is 15.2 Å². The van der Waals surface area contributed by atoms with Crippen LogP contribution < -0.4 is 14.8 Å². The van der Waals surface area contributed by atoms with Gasteiger partial charge in [-0.15, -0.1) is 11.3 Å². The first-order chi connectivity index (χ1) is 21.7. The first-order valence-electron chi connectivity index (χ1n) is 14.2. The summed E-state index contributed by atoms with van der Waals surface area (Å²) in [5.74, 6) is 0.185. The van der Waals surface area contributed by atoms with Crippen molar-refractivity contribution in [2.45, 2.75) is 31.2 Å². The lowest BCUT2D eigenvalue weighted by molar-refractivity contribution is -0.159. The molecule has 9 nitrogen and oxygen atoms in total. The van der Waals surface area contributed by atoms with E-state index in [9.17, 15) is 9.59 Å². The fourth-order valence-corrected chi connectivity index (χ4v) is 6.36. The molecule has 1 fully saturated rings. The number of nitrogens with one attached hydrogen (secondary N) is 1. The average Bonchev–Trinajstić information content (AvgIpc) is 3.51. The van der Waals surface area contributed by atoms with Crippen LogP contribution in [0.3, 0.4) is 0 Å². The molecule has 1 N–H and O–H groups in total. The second-order valence-electron chi connectivity index (χ2n) is 10.6. The van der Waals surface area contributed by atoms with Crippen LogP contribution in [-0.2, 0) is 27.2 Å². The molecule has 2 aromatic heterocycles. The van der Waals surface area contributed by atoms with Crippen LogP contribution >= 0.6 is 34.5 Å². The Morgan fingerprint density at radius 3 is 2.36 bits per heavy atom. The maximum atomic E-state index is 13.5. The molecule has 236 valence electrons. The number of carbonyl (C=O) groups excluding carboxylic acids is 2. The highest BCUT2D eigenvalue weighted by Gasteiger charge is 2.31. The summed E-state index contributed by atoms with van der Waals surface area (Å²) >= 11 is 14.1. The van der Waals surface area contributed by atoms with E-state index in [1.807, 2.05) is 43.4 Å². The van der Waals surface area contributed by atoms with Crippen molar-refractivity contribution < 1.29 is 28.5 Å². The molecule has 4 aromatic rings. The third-order valence-electron chi connectivity index (χ3n) is 7.40. The van der Waals surface area contributed by atoms with Crippen molar-refractivity contribution in [3.63, 3.8) is 0 Å². The van der Waals surface area contributed by atoms with Gasteiger partial charge in [-0.3, -0.25) is 15.2 Å². The topological polar surface area (TPSA) is 99.2 Å². The highest BCUT2D eigenvalue weighted by molar-refractivity contribution is 7.13. The van der Waals surface area contributed by atoms with Gasteiger partial charge >= 0.3 is 11.9 Å². The van der Waals surface area contributed by atoms with E-state index in [-0.39, 0.29) is 18.5 Å². The monoisotopic (exact) mass is 669 g/mol. The van der Waals surface area contributed by atoms with E-state index in [1.54, 1.807) is 31.4 Å². The van der Waals surface area contributed by atoms with Crippen LogP contribution in [0.25, 0.3) is 0 Å². The molecule has 0 bridgehead atoms. The number of carbonyl (C=O) groups is 2. The number of rotatable bonds is 13. The van der Waals surface area contributed by atoms with E-state index in [1.165, 1.54) is 30.8 Å². The fraction of sp³-hybridized carbons (Fsp3) is 0.303. The number of likely N-dealkylation sites (N-methyl/N-ethyl adjacent to an activating group) is 1. The number of likely N-dealkylation sites (tertiary alicyclic amines) is 1. The van der Waals surface area contributed by atoms with E-state index in [2.05, 4.69) is 15.2 Å². The standard InChI is InChI=1S/C33H33Cl2N3O6S/c1-38-18-22(19-38)43-33(40)31(20-7-5-4-6-8-20)37-15-23-10-12-30(45-23)32(39)44-28(14-24-25(34)16-36-17-26(24)35)21-9-11-27(41-2)29(13-21)42-3/h4-13,16-17,22,28,31,37H,14-15,18-19H2,1-3H3/t28-,31?/m0/s1. The molecule has 2 atom stereocenters. The van der Waals surface area contributed by atoms with Gasteiger partial charge in [-0.2, -0.15) is 0 Å². The molecule has 5 rings (SSSR count). The van der Waals surface area contributed by atoms with Crippen molar-refractivity contribution in [1.29, 1.82) is 0 Å². The van der Waals surface area contributed by atoms with E-state index < -0.39 is 18.1 Å². The molecule has 0 spiro atoms. The lowest BCUT2D eigenvalue weighted by atomic mass is 10.0. The lowest BCUT2D eigenvalue weighted by Gasteiger charge is -2.36. The number of aromatic nitrogens is 1. The zero-order valence-corrected chi connectivity index (χ0v) is 27.3. The van der Waals surface area contributed by atoms with E-state index in [0.29, 0.717) is 57.2 Å². The van der Waals surface area contributed by atoms with E-state index in [0.717, 1.165) is 10.4 Å². The van der Waals surface area contributed by atoms with Gasteiger partial charge in [-0.25, -0.2) is 9.59 Å². The van der Waals surface area contributed by atoms with Gasteiger partial charge < -0.3 is 18.9 Å². The van der Waals surface area contributed by atoms with Crippen LogP contribution in [0.2, 0.25) is 10.0 Å². The zero-order chi connectivity index (χ0) is 31.9. The SMILES string of the molecule is COc1ccc([C@H](Cc2c(Cl)cncc2Cl)OC(=O)c2ccc(CNC(C(=O)OC3CN(C)C3)c3ccccc3)s2)cc1OC. The Bertz CT molecular complexity index is 1610. The van der Waals surface area contributed by atoms with Crippen molar-refractivity contribution in [2.75, 3.05) is 34.4 Å². The minimum atomic E-state index is -0.749. The van der Waals surface area contributed by atoms with Gasteiger partial charge in [0.1, 0.15) is 23.1 Å². The number of thiophene rings is 1. The summed E-state index contributed by atoms with van der Waals surface area (Å²) in [6.07, 6.45) is 2.34. The summed E-state index contributed by atoms with van der Waals surface area (Å²) < 4.78 is 22.7. The Morgan fingerprint density at radius 1 is 0.978 bits per heavy atom. The molecule has 0 saturated carbocycles. The maximum Gasteiger partial charge on any atom is 0.348 e. The number of halogens is 2. The molecular formula is C33H33Cl2N3O6S. The number of hydrogen-bond donors (Lipinski definition) is 1. The quantitative estimate of drug-likeness (QED) is 0.165. The molecule has 1 aliphatic heterocycles. The molecule has 1 saturated heterocycles. The van der Waals surface area contributed by atoms with Gasteiger partial charge in [0.15, 0.2) is 11.5 Å². The van der Waals surface area contributed by atoms with Gasteiger partial charge in [-0.05, 0) is 48.0 Å². The Kier molecular flexibility index (Phi) is 11.0. The number of methoxy groups -OCH3 is 2. The van der Waals surface area contributed by atoms with Crippen LogP contribution in [0.5, 0.6) is 11.5 Å². The van der Waals surface area contributed by atoms with Gasteiger partial charge in [0, 0.05) is 43.3 Å². The largest absolute Gasteiger partial charge is 0.493 e. The molecule has 0 aliphatic carbocycles. The lowest BCUT2D eigenvalue weighted by Crippen LogP contribution is -2.51. The number of ether oxygens (including phenoxy) is 4. The first kappa shape index (κ1) is 32.7. The second-order valence-corrected chi connectivity index (χ2v) is 12.5. The van der Waals surface area contributed by atoms with Crippen LogP contribution in [-0.4, -0.2) is 62.3 Å². The number of pyridine rings is 1. The van der Waals surface area contributed by atoms with Crippen LogP contribution in [0, 0.1) is 0 Å². The Morgan fingerprint density at radius 2 is 1.69 bits per heavy atom. The van der Waals surface area contributed by atoms with Gasteiger partial charge in [-0.1, -0.05) is 59.6 Å². The number of esters is 2. The number of benzene rings is 2. The summed E-state index contributed by atoms with van der Waals surface area (Å²) in [4.78, 5) is 34.0. The summed E-state index contributed by atoms with van der Waals surface area (Å²) in [6, 6.07) is 17.6. The van der Waals surface area contributed by atoms with Gasteiger partial charge in [0.05, 0.1) is 24.3 Å². The smallest absolute Gasteiger partial charge is 0.348 e. The maximum absolute atomic E-state index is 13.5. The van der Waals surface area contributed by atoms with Gasteiger partial charge in [0.2, 0.25) is 0 Å². The van der Waals surface area contributed by atoms with Crippen LogP contribution in [0.1, 0.15) is 43.4 Å². The Labute approximate surface area is 276 Å². The minimum absolute atomic E-state index is 0.117. The van der Waals surface area contributed by atoms with Crippen LogP contribution in [0.15, 0.2) is 73.1 Å². The highest BCUT2D eigenvalue weighted by Crippen LogP contribution is 2.36. The fourth-order valence-electron chi connectivity index (χ4n) is 5.00. The molecule has 0 amide bonds. The van der Waals surface area contributed by atoms with Crippen molar-refractivity contribution in [3.05, 3.63) is 110 Å². The van der Waals surface area contributed by atoms with Crippen molar-refractivity contribution in [3.8, 4) is 11.5 Å². The molecule has 1 aliphatic rings. The first-order valence-corrected chi connectivity index (χ1v) is 15.8. The summed E-state index contributed by atoms with van der Waals surface area (Å²) in [6.45, 7) is 1.78. The van der Waals surface area contributed by atoms with E-state index in [4.69, 9.17) is 42.1 Å². The molecule has 45 heavy (non-hydrogen) atoms. The molecule has 2 aromatic carbocycles. The second kappa shape index (κ2) is 15.1. The predicted molar refractivity (Wildman–Crippen MR) is 173 cm³/mol. The third kappa shape index (κ3) is 8.14. The summed E-state index contributed by atoms with van der Waals surface area (Å²) in [5, 5.41) is 4.04. The average molecular weight is 671 g/mol. The molecule has 0 radical (unpaired) electrons. The molecule has 12 heteroatoms. The number of hydrogen-bond acceptors (Lipinski definition) is 10. The molecular weight excluding hydrogens is 637 g/mol. The molecule has 3 heterocycles. The Hall–Kier alpha value is -3.67. The normalized spacial score (nSPS) is 14.7. The third-order valence-corrected chi connectivity index (χ3v) is 9.11. The van der Waals surface area contributed by atoms with Crippen molar-refractivity contribution >= 4 is 46.5 Å². The predicted octanol–water partition coefficient (Wildman–Crippen LogP) is 6.30. The zero-order valence-electron chi connectivity index (χ0n) is 25.0. The van der Waals surface area contributed by atoms with E-state index >= 15 is 0 Å². The Balaban J connectivity index is 1.31. The highest BCUT2D eigenvalue weighted by atomic mass is 35.5.